The van der Waals surface area contributed by atoms with Gasteiger partial charge in [0.25, 0.3) is 0 Å². The molecule has 0 saturated carbocycles. The van der Waals surface area contributed by atoms with Crippen molar-refractivity contribution in [3.8, 4) is 0 Å². The number of carbonyl (C=O) groups is 1. The van der Waals surface area contributed by atoms with Crippen LogP contribution in [0.3, 0.4) is 0 Å². The van der Waals surface area contributed by atoms with E-state index in [4.69, 9.17) is 5.73 Å². The van der Waals surface area contributed by atoms with E-state index in [1.807, 2.05) is 0 Å². The van der Waals surface area contributed by atoms with Gasteiger partial charge in [0.1, 0.15) is 0 Å². The average molecular weight is 144 g/mol. The molecular weight excluding hydrogens is 132 g/mol. The highest BCUT2D eigenvalue weighted by Gasteiger charge is 1.98. The lowest BCUT2D eigenvalue weighted by atomic mass is 10.4. The minimum atomic E-state index is -0.521. The van der Waals surface area contributed by atoms with Crippen LogP contribution in [0.2, 0.25) is 0 Å². The highest BCUT2D eigenvalue weighted by Crippen LogP contribution is 1.77. The van der Waals surface area contributed by atoms with Gasteiger partial charge in [-0.1, -0.05) is 6.58 Å². The summed E-state index contributed by atoms with van der Waals surface area (Å²) in [5.74, 6) is 0. The van der Waals surface area contributed by atoms with Crippen molar-refractivity contribution < 1.29 is 9.53 Å². The molecule has 3 N–H and O–H groups in total. The monoisotopic (exact) mass is 144 g/mol. The third-order valence-corrected chi connectivity index (χ3v) is 0.759. The summed E-state index contributed by atoms with van der Waals surface area (Å²) in [6.07, 6.45) is 0.545. The lowest BCUT2D eigenvalue weighted by Crippen LogP contribution is -2.34. The highest BCUT2D eigenvalue weighted by atomic mass is 16.5. The second kappa shape index (κ2) is 4.81. The number of rotatable bonds is 3. The smallest absolute Gasteiger partial charge is 0.412 e. The molecule has 58 valence electrons. The molecule has 4 nitrogen and oxygen atoms in total. The number of hydrogen-bond acceptors (Lipinski definition) is 3. The second-order valence-corrected chi connectivity index (χ2v) is 1.93. The van der Waals surface area contributed by atoms with Crippen molar-refractivity contribution >= 4 is 6.09 Å². The van der Waals surface area contributed by atoms with E-state index in [9.17, 15) is 4.79 Å². The summed E-state index contributed by atoms with van der Waals surface area (Å²) in [6.45, 7) is 5.41. The summed E-state index contributed by atoms with van der Waals surface area (Å²) < 4.78 is 4.35. The van der Waals surface area contributed by atoms with Gasteiger partial charge in [0.05, 0.1) is 6.26 Å². The lowest BCUT2D eigenvalue weighted by molar-refractivity contribution is 0.185. The van der Waals surface area contributed by atoms with Crippen LogP contribution in [-0.4, -0.2) is 18.7 Å². The molecule has 0 saturated heterocycles. The molecular formula is C6H12N2O2. The zero-order chi connectivity index (χ0) is 7.98. The molecule has 0 aliphatic rings. The molecule has 0 radical (unpaired) electrons. The normalized spacial score (nSPS) is 11.8. The van der Waals surface area contributed by atoms with Crippen molar-refractivity contribution in [2.24, 2.45) is 5.73 Å². The van der Waals surface area contributed by atoms with E-state index in [1.54, 1.807) is 6.92 Å². The lowest BCUT2D eigenvalue weighted by Gasteiger charge is -2.05. The number of hydrogen-bond donors (Lipinski definition) is 2. The van der Waals surface area contributed by atoms with Gasteiger partial charge in [-0.05, 0) is 6.92 Å². The fourth-order valence-corrected chi connectivity index (χ4v) is 0.362. The predicted molar refractivity (Wildman–Crippen MR) is 38.3 cm³/mol. The predicted octanol–water partition coefficient (Wildman–Crippen LogP) is 0.203. The molecule has 0 rings (SSSR count). The van der Waals surface area contributed by atoms with Crippen LogP contribution >= 0.6 is 0 Å². The largest absolute Gasteiger partial charge is 0.419 e. The van der Waals surface area contributed by atoms with E-state index in [2.05, 4.69) is 16.6 Å². The third kappa shape index (κ3) is 5.11. The van der Waals surface area contributed by atoms with Gasteiger partial charge < -0.3 is 15.8 Å². The Morgan fingerprint density at radius 3 is 3.00 bits per heavy atom. The molecule has 10 heavy (non-hydrogen) atoms. The van der Waals surface area contributed by atoms with Gasteiger partial charge in [0.15, 0.2) is 0 Å². The first-order valence-electron chi connectivity index (χ1n) is 2.97. The molecule has 4 heteroatoms. The molecule has 0 fully saturated rings. The van der Waals surface area contributed by atoms with Gasteiger partial charge >= 0.3 is 6.09 Å². The van der Waals surface area contributed by atoms with Crippen LogP contribution in [0, 0.1) is 0 Å². The van der Waals surface area contributed by atoms with Crippen LogP contribution in [0.4, 0.5) is 4.79 Å². The van der Waals surface area contributed by atoms with Crippen LogP contribution in [-0.2, 0) is 4.74 Å². The molecule has 1 amide bonds. The first-order valence-corrected chi connectivity index (χ1v) is 2.97. The standard InChI is InChI=1S/C6H12N2O2/c1-3-10-6(9)8-4-5(2)7/h3,5H,1,4,7H2,2H3,(H,8,9). The third-order valence-electron chi connectivity index (χ3n) is 0.759. The summed E-state index contributed by atoms with van der Waals surface area (Å²) in [4.78, 5) is 10.5. The minimum Gasteiger partial charge on any atom is -0.419 e. The van der Waals surface area contributed by atoms with Crippen LogP contribution < -0.4 is 11.1 Å². The molecule has 1 atom stereocenters. The van der Waals surface area contributed by atoms with E-state index in [-0.39, 0.29) is 6.04 Å². The van der Waals surface area contributed by atoms with E-state index in [1.165, 1.54) is 0 Å². The molecule has 0 aromatic heterocycles. The zero-order valence-electron chi connectivity index (χ0n) is 5.96. The Morgan fingerprint density at radius 2 is 2.60 bits per heavy atom. The Hall–Kier alpha value is -1.03. The minimum absolute atomic E-state index is 0.0580. The average Bonchev–Trinajstić information content (AvgIpc) is 1.85. The molecule has 0 spiro atoms. The number of carbonyl (C=O) groups excluding carboxylic acids is 1. The highest BCUT2D eigenvalue weighted by molar-refractivity contribution is 5.67. The topological polar surface area (TPSA) is 64.3 Å². The maximum Gasteiger partial charge on any atom is 0.412 e. The van der Waals surface area contributed by atoms with Gasteiger partial charge in [0.2, 0.25) is 0 Å². The summed E-state index contributed by atoms with van der Waals surface area (Å²) in [5.41, 5.74) is 5.34. The van der Waals surface area contributed by atoms with Crippen molar-refractivity contribution in [1.29, 1.82) is 0 Å². The number of alkyl carbamates (subject to hydrolysis) is 1. The Morgan fingerprint density at radius 1 is 2.00 bits per heavy atom. The fraction of sp³-hybridized carbons (Fsp3) is 0.500. The van der Waals surface area contributed by atoms with Gasteiger partial charge in [0, 0.05) is 12.6 Å². The quantitative estimate of drug-likeness (QED) is 0.556. The summed E-state index contributed by atoms with van der Waals surface area (Å²) in [7, 11) is 0. The maximum atomic E-state index is 10.5. The first-order chi connectivity index (χ1) is 4.66. The Labute approximate surface area is 60.0 Å². The zero-order valence-corrected chi connectivity index (χ0v) is 5.96. The van der Waals surface area contributed by atoms with Crippen LogP contribution in [0.5, 0.6) is 0 Å². The van der Waals surface area contributed by atoms with Gasteiger partial charge in [-0.3, -0.25) is 0 Å². The van der Waals surface area contributed by atoms with Crippen molar-refractivity contribution in [2.45, 2.75) is 13.0 Å². The van der Waals surface area contributed by atoms with Crippen molar-refractivity contribution in [1.82, 2.24) is 5.32 Å². The van der Waals surface area contributed by atoms with E-state index in [0.717, 1.165) is 6.26 Å². The number of nitrogens with one attached hydrogen (secondary N) is 1. The van der Waals surface area contributed by atoms with E-state index < -0.39 is 6.09 Å². The molecule has 1 unspecified atom stereocenters. The molecule has 0 heterocycles. The van der Waals surface area contributed by atoms with E-state index in [0.29, 0.717) is 6.54 Å². The summed E-state index contributed by atoms with van der Waals surface area (Å²) in [5, 5.41) is 2.43. The number of ether oxygens (including phenoxy) is 1. The Bertz CT molecular complexity index is 123. The van der Waals surface area contributed by atoms with Crippen LogP contribution in [0.1, 0.15) is 6.92 Å². The molecule has 0 aliphatic carbocycles. The van der Waals surface area contributed by atoms with Crippen molar-refractivity contribution in [3.05, 3.63) is 12.8 Å². The molecule has 0 bridgehead atoms. The summed E-state index contributed by atoms with van der Waals surface area (Å²) >= 11 is 0. The van der Waals surface area contributed by atoms with Gasteiger partial charge in [-0.15, -0.1) is 0 Å². The Kier molecular flexibility index (Phi) is 4.32. The fourth-order valence-electron chi connectivity index (χ4n) is 0.362. The molecule has 0 aromatic rings. The molecule has 0 aromatic carbocycles. The SMILES string of the molecule is C=COC(=O)NCC(C)N. The van der Waals surface area contributed by atoms with Crippen LogP contribution in [0.25, 0.3) is 0 Å². The van der Waals surface area contributed by atoms with Crippen molar-refractivity contribution in [3.63, 3.8) is 0 Å². The van der Waals surface area contributed by atoms with Gasteiger partial charge in [-0.2, -0.15) is 0 Å². The first kappa shape index (κ1) is 8.97. The Balaban J connectivity index is 3.30. The maximum absolute atomic E-state index is 10.5. The van der Waals surface area contributed by atoms with Crippen LogP contribution in [0.15, 0.2) is 12.8 Å². The van der Waals surface area contributed by atoms with Crippen molar-refractivity contribution in [2.75, 3.05) is 6.54 Å². The summed E-state index contributed by atoms with van der Waals surface area (Å²) in [6, 6.07) is -0.0580. The molecule has 0 aliphatic heterocycles. The number of nitrogens with two attached hydrogens (primary N) is 1. The second-order valence-electron chi connectivity index (χ2n) is 1.93. The van der Waals surface area contributed by atoms with E-state index >= 15 is 0 Å². The number of amides is 1. The van der Waals surface area contributed by atoms with Gasteiger partial charge in [-0.25, -0.2) is 4.79 Å².